The summed E-state index contributed by atoms with van der Waals surface area (Å²) in [7, 11) is 0. The second-order valence-electron chi connectivity index (χ2n) is 4.87. The SMILES string of the molecule is CCOC1CC(NCCC(F)(F)F)C1(C)C. The van der Waals surface area contributed by atoms with E-state index in [2.05, 4.69) is 5.32 Å². The molecule has 0 aromatic rings. The van der Waals surface area contributed by atoms with Crippen molar-refractivity contribution in [3.05, 3.63) is 0 Å². The summed E-state index contributed by atoms with van der Waals surface area (Å²) in [5, 5.41) is 2.95. The van der Waals surface area contributed by atoms with E-state index in [1.54, 1.807) is 0 Å². The zero-order valence-corrected chi connectivity index (χ0v) is 10.0. The summed E-state index contributed by atoms with van der Waals surface area (Å²) < 4.78 is 41.4. The van der Waals surface area contributed by atoms with Gasteiger partial charge in [-0.15, -0.1) is 0 Å². The highest BCUT2D eigenvalue weighted by Crippen LogP contribution is 2.42. The molecule has 1 rings (SSSR count). The number of ether oxygens (including phenoxy) is 1. The van der Waals surface area contributed by atoms with Crippen molar-refractivity contribution in [2.75, 3.05) is 13.2 Å². The van der Waals surface area contributed by atoms with Crippen LogP contribution in [0, 0.1) is 5.41 Å². The van der Waals surface area contributed by atoms with Crippen LogP contribution < -0.4 is 5.32 Å². The molecule has 1 saturated carbocycles. The standard InChI is InChI=1S/C11H20F3NO/c1-4-16-9-7-8(10(9,2)3)15-6-5-11(12,13)14/h8-9,15H,4-7H2,1-3H3. The van der Waals surface area contributed by atoms with Gasteiger partial charge in [-0.3, -0.25) is 0 Å². The molecule has 16 heavy (non-hydrogen) atoms. The summed E-state index contributed by atoms with van der Waals surface area (Å²) in [5.41, 5.74) is -0.0678. The molecule has 0 spiro atoms. The Bertz CT molecular complexity index is 228. The van der Waals surface area contributed by atoms with Crippen molar-refractivity contribution in [3.8, 4) is 0 Å². The van der Waals surface area contributed by atoms with Crippen molar-refractivity contribution in [3.63, 3.8) is 0 Å². The summed E-state index contributed by atoms with van der Waals surface area (Å²) in [6.07, 6.45) is -3.86. The molecule has 2 nitrogen and oxygen atoms in total. The van der Waals surface area contributed by atoms with Crippen molar-refractivity contribution < 1.29 is 17.9 Å². The predicted molar refractivity (Wildman–Crippen MR) is 56.3 cm³/mol. The van der Waals surface area contributed by atoms with Crippen LogP contribution in [-0.4, -0.2) is 31.5 Å². The van der Waals surface area contributed by atoms with Crippen molar-refractivity contribution in [2.24, 2.45) is 5.41 Å². The molecular weight excluding hydrogens is 219 g/mol. The second-order valence-corrected chi connectivity index (χ2v) is 4.87. The molecular formula is C11H20F3NO. The van der Waals surface area contributed by atoms with Crippen molar-refractivity contribution in [1.29, 1.82) is 0 Å². The Kier molecular flexibility index (Phi) is 4.23. The Hall–Kier alpha value is -0.290. The Balaban J connectivity index is 2.26. The molecule has 1 N–H and O–H groups in total. The molecule has 1 fully saturated rings. The van der Waals surface area contributed by atoms with Gasteiger partial charge in [0.05, 0.1) is 12.5 Å². The third-order valence-electron chi connectivity index (χ3n) is 3.34. The zero-order chi connectivity index (χ0) is 12.4. The molecule has 0 radical (unpaired) electrons. The van der Waals surface area contributed by atoms with Crippen LogP contribution in [-0.2, 0) is 4.74 Å². The van der Waals surface area contributed by atoms with Gasteiger partial charge in [0.1, 0.15) is 0 Å². The molecule has 2 atom stereocenters. The smallest absolute Gasteiger partial charge is 0.378 e. The molecule has 0 aromatic carbocycles. The minimum Gasteiger partial charge on any atom is -0.378 e. The Morgan fingerprint density at radius 2 is 2.00 bits per heavy atom. The molecule has 0 aliphatic heterocycles. The molecule has 1 aliphatic carbocycles. The van der Waals surface area contributed by atoms with E-state index in [9.17, 15) is 13.2 Å². The lowest BCUT2D eigenvalue weighted by Crippen LogP contribution is -2.61. The van der Waals surface area contributed by atoms with Crippen molar-refractivity contribution >= 4 is 0 Å². The lowest BCUT2D eigenvalue weighted by molar-refractivity contribution is -0.139. The fourth-order valence-electron chi connectivity index (χ4n) is 2.10. The first-order valence-electron chi connectivity index (χ1n) is 5.69. The van der Waals surface area contributed by atoms with Gasteiger partial charge in [-0.1, -0.05) is 13.8 Å². The highest BCUT2D eigenvalue weighted by molar-refractivity contribution is 5.02. The van der Waals surface area contributed by atoms with Crippen LogP contribution in [0.15, 0.2) is 0 Å². The monoisotopic (exact) mass is 239 g/mol. The molecule has 5 heteroatoms. The van der Waals surface area contributed by atoms with E-state index >= 15 is 0 Å². The molecule has 0 aromatic heterocycles. The normalized spacial score (nSPS) is 28.9. The summed E-state index contributed by atoms with van der Waals surface area (Å²) in [6.45, 7) is 6.64. The van der Waals surface area contributed by atoms with Crippen LogP contribution in [0.4, 0.5) is 13.2 Å². The van der Waals surface area contributed by atoms with E-state index in [0.29, 0.717) is 6.61 Å². The van der Waals surface area contributed by atoms with Gasteiger partial charge in [-0.05, 0) is 13.3 Å². The maximum atomic E-state index is 12.0. The topological polar surface area (TPSA) is 21.3 Å². The van der Waals surface area contributed by atoms with Crippen LogP contribution in [0.25, 0.3) is 0 Å². The number of halogens is 3. The minimum absolute atomic E-state index is 0.00353. The van der Waals surface area contributed by atoms with Crippen molar-refractivity contribution in [2.45, 2.75) is 51.9 Å². The molecule has 0 amide bonds. The lowest BCUT2D eigenvalue weighted by Gasteiger charge is -2.52. The van der Waals surface area contributed by atoms with Crippen LogP contribution in [0.3, 0.4) is 0 Å². The van der Waals surface area contributed by atoms with Crippen LogP contribution in [0.1, 0.15) is 33.6 Å². The predicted octanol–water partition coefficient (Wildman–Crippen LogP) is 2.73. The molecule has 0 saturated heterocycles. The van der Waals surface area contributed by atoms with Gasteiger partial charge in [-0.2, -0.15) is 13.2 Å². The maximum Gasteiger partial charge on any atom is 0.390 e. The maximum absolute atomic E-state index is 12.0. The number of hydrogen-bond donors (Lipinski definition) is 1. The number of rotatable bonds is 5. The average Bonchev–Trinajstić information content (AvgIpc) is 2.13. The Morgan fingerprint density at radius 3 is 2.44 bits per heavy atom. The highest BCUT2D eigenvalue weighted by Gasteiger charge is 2.48. The summed E-state index contributed by atoms with van der Waals surface area (Å²) in [4.78, 5) is 0. The number of hydrogen-bond acceptors (Lipinski definition) is 2. The zero-order valence-electron chi connectivity index (χ0n) is 10.0. The summed E-state index contributed by atoms with van der Waals surface area (Å²) >= 11 is 0. The fourth-order valence-corrected chi connectivity index (χ4v) is 2.10. The summed E-state index contributed by atoms with van der Waals surface area (Å²) in [6, 6.07) is 0.131. The van der Waals surface area contributed by atoms with E-state index in [1.165, 1.54) is 0 Å². The quantitative estimate of drug-likeness (QED) is 0.796. The van der Waals surface area contributed by atoms with Gasteiger partial charge >= 0.3 is 6.18 Å². The first-order chi connectivity index (χ1) is 7.27. The second kappa shape index (κ2) is 4.92. The van der Waals surface area contributed by atoms with Gasteiger partial charge < -0.3 is 10.1 Å². The van der Waals surface area contributed by atoms with Crippen LogP contribution >= 0.6 is 0 Å². The van der Waals surface area contributed by atoms with Crippen LogP contribution in [0.5, 0.6) is 0 Å². The molecule has 0 heterocycles. The Labute approximate surface area is 94.5 Å². The first kappa shape index (κ1) is 13.8. The van der Waals surface area contributed by atoms with E-state index in [1.807, 2.05) is 20.8 Å². The van der Waals surface area contributed by atoms with Gasteiger partial charge in [0.15, 0.2) is 0 Å². The minimum atomic E-state index is -4.07. The van der Waals surface area contributed by atoms with E-state index in [4.69, 9.17) is 4.74 Å². The van der Waals surface area contributed by atoms with E-state index < -0.39 is 12.6 Å². The third-order valence-corrected chi connectivity index (χ3v) is 3.34. The molecule has 2 unspecified atom stereocenters. The summed E-state index contributed by atoms with van der Waals surface area (Å²) in [5.74, 6) is 0. The van der Waals surface area contributed by atoms with Gasteiger partial charge in [0.25, 0.3) is 0 Å². The lowest BCUT2D eigenvalue weighted by atomic mass is 9.64. The van der Waals surface area contributed by atoms with Gasteiger partial charge in [0.2, 0.25) is 0 Å². The van der Waals surface area contributed by atoms with Crippen LogP contribution in [0.2, 0.25) is 0 Å². The number of nitrogens with one attached hydrogen (secondary N) is 1. The Morgan fingerprint density at radius 1 is 1.38 bits per heavy atom. The molecule has 1 aliphatic rings. The van der Waals surface area contributed by atoms with E-state index in [-0.39, 0.29) is 24.1 Å². The van der Waals surface area contributed by atoms with Gasteiger partial charge in [0, 0.05) is 24.6 Å². The average molecular weight is 239 g/mol. The van der Waals surface area contributed by atoms with Gasteiger partial charge in [-0.25, -0.2) is 0 Å². The number of alkyl halides is 3. The highest BCUT2D eigenvalue weighted by atomic mass is 19.4. The molecule has 96 valence electrons. The molecule has 0 bridgehead atoms. The van der Waals surface area contributed by atoms with E-state index in [0.717, 1.165) is 6.42 Å². The third kappa shape index (κ3) is 3.35. The largest absolute Gasteiger partial charge is 0.390 e. The fraction of sp³-hybridized carbons (Fsp3) is 1.00. The van der Waals surface area contributed by atoms with Crippen molar-refractivity contribution in [1.82, 2.24) is 5.32 Å². The first-order valence-corrected chi connectivity index (χ1v) is 5.69.